The Kier molecular flexibility index (Phi) is 3.14. The molecule has 1 aliphatic heterocycles. The maximum absolute atomic E-state index is 13.1. The molecule has 0 spiro atoms. The zero-order valence-electron chi connectivity index (χ0n) is 14.3. The third-order valence-electron chi connectivity index (χ3n) is 7.13. The van der Waals surface area contributed by atoms with Gasteiger partial charge in [0.1, 0.15) is 0 Å². The first kappa shape index (κ1) is 15.6. The van der Waals surface area contributed by atoms with Crippen molar-refractivity contribution in [1.82, 2.24) is 0 Å². The Morgan fingerprint density at radius 3 is 2.54 bits per heavy atom. The number of carbonyl (C=O) groups is 2. The smallest absolute Gasteiger partial charge is 0.337 e. The molecule has 1 heterocycles. The second kappa shape index (κ2) is 4.82. The number of benzene rings is 1. The Morgan fingerprint density at radius 1 is 1.25 bits per heavy atom. The predicted octanol–water partition coefficient (Wildman–Crippen LogP) is 3.01. The molecule has 1 saturated heterocycles. The van der Waals surface area contributed by atoms with E-state index in [0.717, 1.165) is 12.8 Å². The van der Waals surface area contributed by atoms with E-state index in [4.69, 9.17) is 4.74 Å². The van der Waals surface area contributed by atoms with E-state index in [9.17, 15) is 9.59 Å². The first-order valence-corrected chi connectivity index (χ1v) is 8.50. The van der Waals surface area contributed by atoms with Crippen LogP contribution in [0.2, 0.25) is 0 Å². The van der Waals surface area contributed by atoms with Crippen molar-refractivity contribution >= 4 is 17.6 Å². The van der Waals surface area contributed by atoms with E-state index in [2.05, 4.69) is 23.9 Å². The first-order valence-electron chi connectivity index (χ1n) is 8.50. The summed E-state index contributed by atoms with van der Waals surface area (Å²) in [5.74, 6) is 0.132. The van der Waals surface area contributed by atoms with Gasteiger partial charge in [0.25, 0.3) is 5.91 Å². The Bertz CT molecular complexity index is 715. The largest absolute Gasteiger partial charge is 0.465 e. The van der Waals surface area contributed by atoms with Crippen LogP contribution in [0.25, 0.3) is 0 Å². The molecule has 3 fully saturated rings. The normalized spacial score (nSPS) is 39.0. The van der Waals surface area contributed by atoms with Crippen molar-refractivity contribution in [2.24, 2.45) is 16.7 Å². The Balaban J connectivity index is 1.56. The van der Waals surface area contributed by atoms with Gasteiger partial charge in [-0.2, -0.15) is 0 Å². The average molecular weight is 329 g/mol. The van der Waals surface area contributed by atoms with Crippen LogP contribution in [-0.2, 0) is 14.3 Å². The van der Waals surface area contributed by atoms with Gasteiger partial charge in [-0.1, -0.05) is 13.8 Å². The summed E-state index contributed by atoms with van der Waals surface area (Å²) in [5, 5.41) is 3.00. The van der Waals surface area contributed by atoms with E-state index < -0.39 is 5.60 Å². The summed E-state index contributed by atoms with van der Waals surface area (Å²) in [4.78, 5) is 24.6. The van der Waals surface area contributed by atoms with E-state index in [1.807, 2.05) is 0 Å². The van der Waals surface area contributed by atoms with Crippen LogP contribution < -0.4 is 5.32 Å². The number of esters is 1. The van der Waals surface area contributed by atoms with Gasteiger partial charge in [-0.3, -0.25) is 4.79 Å². The molecule has 0 radical (unpaired) electrons. The summed E-state index contributed by atoms with van der Waals surface area (Å²) in [6.45, 7) is 5.16. The van der Waals surface area contributed by atoms with Gasteiger partial charge in [-0.05, 0) is 49.4 Å². The van der Waals surface area contributed by atoms with Crippen molar-refractivity contribution in [3.05, 3.63) is 29.8 Å². The molecule has 4 rings (SSSR count). The molecule has 4 bridgehead atoms. The topological polar surface area (TPSA) is 64.6 Å². The van der Waals surface area contributed by atoms with Crippen molar-refractivity contribution in [3.8, 4) is 0 Å². The number of hydrogen-bond donors (Lipinski definition) is 1. The monoisotopic (exact) mass is 329 g/mol. The van der Waals surface area contributed by atoms with Crippen molar-refractivity contribution < 1.29 is 19.1 Å². The highest BCUT2D eigenvalue weighted by molar-refractivity contribution is 5.99. The SMILES string of the molecule is COC(=O)c1ccc(NC(=O)[C@@]23C[C@@H]4CC[C@@]2(C)[C@]4(C)CO3)cc1. The molecule has 1 amide bonds. The zero-order valence-corrected chi connectivity index (χ0v) is 14.3. The van der Waals surface area contributed by atoms with Gasteiger partial charge in [0, 0.05) is 16.5 Å². The minimum atomic E-state index is -0.717. The lowest BCUT2D eigenvalue weighted by molar-refractivity contribution is -0.149. The highest BCUT2D eigenvalue weighted by Crippen LogP contribution is 2.75. The van der Waals surface area contributed by atoms with Gasteiger partial charge in [0.2, 0.25) is 0 Å². The maximum Gasteiger partial charge on any atom is 0.337 e. The molecule has 4 atom stereocenters. The van der Waals surface area contributed by atoms with Crippen LogP contribution >= 0.6 is 0 Å². The summed E-state index contributed by atoms with van der Waals surface area (Å²) in [6.07, 6.45) is 3.05. The number of rotatable bonds is 3. The van der Waals surface area contributed by atoms with Gasteiger partial charge >= 0.3 is 5.97 Å². The average Bonchev–Trinajstić information content (AvgIpc) is 3.06. The molecule has 2 aliphatic carbocycles. The van der Waals surface area contributed by atoms with Gasteiger partial charge in [0.15, 0.2) is 5.60 Å². The van der Waals surface area contributed by atoms with E-state index in [1.165, 1.54) is 13.5 Å². The van der Waals surface area contributed by atoms with Crippen LogP contribution in [-0.4, -0.2) is 31.2 Å². The molecule has 0 aromatic heterocycles. The molecule has 5 nitrogen and oxygen atoms in total. The van der Waals surface area contributed by atoms with E-state index >= 15 is 0 Å². The fourth-order valence-corrected chi connectivity index (χ4v) is 5.30. The van der Waals surface area contributed by atoms with Crippen molar-refractivity contribution in [2.75, 3.05) is 19.0 Å². The molecule has 1 aromatic carbocycles. The summed E-state index contributed by atoms with van der Waals surface area (Å²) in [7, 11) is 1.35. The van der Waals surface area contributed by atoms with Crippen molar-refractivity contribution in [3.63, 3.8) is 0 Å². The Hall–Kier alpha value is -1.88. The van der Waals surface area contributed by atoms with Crippen LogP contribution in [0.4, 0.5) is 5.69 Å². The number of amides is 1. The highest BCUT2D eigenvalue weighted by atomic mass is 16.5. The van der Waals surface area contributed by atoms with Crippen LogP contribution in [0.15, 0.2) is 24.3 Å². The number of anilines is 1. The quantitative estimate of drug-likeness (QED) is 0.866. The number of ether oxygens (including phenoxy) is 2. The van der Waals surface area contributed by atoms with Gasteiger partial charge in [-0.25, -0.2) is 4.79 Å². The summed E-state index contributed by atoms with van der Waals surface area (Å²) < 4.78 is 10.8. The van der Waals surface area contributed by atoms with Crippen LogP contribution in [0.3, 0.4) is 0 Å². The standard InChI is InChI=1S/C19H23NO4/c1-17-11-24-19(10-13(17)8-9-18(17,19)2)16(22)20-14-6-4-12(5-7-14)15(21)23-3/h4-7,13H,8-11H2,1-3H3,(H,20,22)/t13-,17+,18-,19-/m0/s1. The van der Waals surface area contributed by atoms with Crippen LogP contribution in [0.1, 0.15) is 43.5 Å². The third-order valence-corrected chi connectivity index (χ3v) is 7.13. The number of hydrogen-bond acceptors (Lipinski definition) is 4. The number of nitrogens with one attached hydrogen (secondary N) is 1. The molecule has 0 unspecified atom stereocenters. The van der Waals surface area contributed by atoms with E-state index in [1.54, 1.807) is 24.3 Å². The third kappa shape index (κ3) is 1.68. The molecule has 3 aliphatic rings. The van der Waals surface area contributed by atoms with Crippen molar-refractivity contribution in [2.45, 2.75) is 38.7 Å². The molecule has 1 N–H and O–H groups in total. The molecular weight excluding hydrogens is 306 g/mol. The van der Waals surface area contributed by atoms with Gasteiger partial charge in [-0.15, -0.1) is 0 Å². The van der Waals surface area contributed by atoms with Gasteiger partial charge in [0.05, 0.1) is 19.3 Å². The first-order chi connectivity index (χ1) is 11.4. The lowest BCUT2D eigenvalue weighted by Crippen LogP contribution is -2.52. The van der Waals surface area contributed by atoms with Crippen LogP contribution in [0.5, 0.6) is 0 Å². The summed E-state index contributed by atoms with van der Waals surface area (Å²) >= 11 is 0. The molecule has 128 valence electrons. The Labute approximate surface area is 141 Å². The highest BCUT2D eigenvalue weighted by Gasteiger charge is 2.78. The minimum absolute atomic E-state index is 0.0539. The number of methoxy groups -OCH3 is 1. The van der Waals surface area contributed by atoms with E-state index in [0.29, 0.717) is 23.8 Å². The predicted molar refractivity (Wildman–Crippen MR) is 88.6 cm³/mol. The van der Waals surface area contributed by atoms with E-state index in [-0.39, 0.29) is 22.7 Å². The molecular formula is C19H23NO4. The molecule has 1 aromatic rings. The molecule has 5 heteroatoms. The number of carbonyl (C=O) groups excluding carboxylic acids is 2. The van der Waals surface area contributed by atoms with Crippen LogP contribution in [0, 0.1) is 16.7 Å². The second-order valence-corrected chi connectivity index (χ2v) is 7.83. The molecule has 2 saturated carbocycles. The fraction of sp³-hybridized carbons (Fsp3) is 0.579. The Morgan fingerprint density at radius 2 is 1.96 bits per heavy atom. The summed E-state index contributed by atoms with van der Waals surface area (Å²) in [5.41, 5.74) is 0.432. The fourth-order valence-electron chi connectivity index (χ4n) is 5.30. The van der Waals surface area contributed by atoms with Gasteiger partial charge < -0.3 is 14.8 Å². The summed E-state index contributed by atoms with van der Waals surface area (Å²) in [6, 6.07) is 6.76. The lowest BCUT2D eigenvalue weighted by atomic mass is 9.66. The van der Waals surface area contributed by atoms with Crippen molar-refractivity contribution in [1.29, 1.82) is 0 Å². The molecule has 24 heavy (non-hydrogen) atoms. The minimum Gasteiger partial charge on any atom is -0.465 e. The lowest BCUT2D eigenvalue weighted by Gasteiger charge is -2.40. The maximum atomic E-state index is 13.1. The second-order valence-electron chi connectivity index (χ2n) is 7.83. The zero-order chi connectivity index (χ0) is 17.2.